The molecule has 1 N–H and O–H groups in total. The third-order valence-corrected chi connectivity index (χ3v) is 4.96. The molecule has 1 saturated heterocycles. The first-order valence-electron chi connectivity index (χ1n) is 7.18. The molecule has 0 amide bonds. The molecule has 16 heavy (non-hydrogen) atoms. The van der Waals surface area contributed by atoms with Crippen LogP contribution < -0.4 is 5.32 Å². The molecule has 0 aromatic carbocycles. The normalized spacial score (nSPS) is 31.3. The smallest absolute Gasteiger partial charge is 0.0329 e. The van der Waals surface area contributed by atoms with E-state index in [0.29, 0.717) is 11.6 Å². The van der Waals surface area contributed by atoms with Crippen molar-refractivity contribution in [1.29, 1.82) is 0 Å². The summed E-state index contributed by atoms with van der Waals surface area (Å²) < 4.78 is 0. The van der Waals surface area contributed by atoms with Crippen LogP contribution in [0.4, 0.5) is 0 Å². The summed E-state index contributed by atoms with van der Waals surface area (Å²) in [5, 5.41) is 3.67. The zero-order valence-corrected chi connectivity index (χ0v) is 11.3. The SMILES string of the molecule is CCC1(CC)CNC(C)CN1CC1CCC1. The van der Waals surface area contributed by atoms with Crippen LogP contribution in [0, 0.1) is 5.92 Å². The quantitative estimate of drug-likeness (QED) is 0.790. The molecule has 1 aliphatic heterocycles. The second-order valence-corrected chi connectivity index (χ2v) is 5.92. The van der Waals surface area contributed by atoms with E-state index in [-0.39, 0.29) is 0 Å². The Balaban J connectivity index is 2.01. The summed E-state index contributed by atoms with van der Waals surface area (Å²) in [5.41, 5.74) is 0.447. The number of nitrogens with one attached hydrogen (secondary N) is 1. The van der Waals surface area contributed by atoms with Gasteiger partial charge in [-0.2, -0.15) is 0 Å². The predicted molar refractivity (Wildman–Crippen MR) is 69.7 cm³/mol. The number of hydrogen-bond acceptors (Lipinski definition) is 2. The Morgan fingerprint density at radius 1 is 1.25 bits per heavy atom. The van der Waals surface area contributed by atoms with E-state index in [4.69, 9.17) is 0 Å². The van der Waals surface area contributed by atoms with E-state index in [1.165, 1.54) is 51.7 Å². The largest absolute Gasteiger partial charge is 0.311 e. The van der Waals surface area contributed by atoms with Gasteiger partial charge in [0.1, 0.15) is 0 Å². The van der Waals surface area contributed by atoms with Gasteiger partial charge in [-0.05, 0) is 38.5 Å². The van der Waals surface area contributed by atoms with Gasteiger partial charge in [0, 0.05) is 31.2 Å². The maximum absolute atomic E-state index is 3.67. The molecule has 2 fully saturated rings. The summed E-state index contributed by atoms with van der Waals surface area (Å²) in [6.45, 7) is 10.8. The van der Waals surface area contributed by atoms with Crippen LogP contribution >= 0.6 is 0 Å². The van der Waals surface area contributed by atoms with Crippen LogP contribution in [-0.4, -0.2) is 36.1 Å². The van der Waals surface area contributed by atoms with Crippen LogP contribution in [0.3, 0.4) is 0 Å². The Kier molecular flexibility index (Phi) is 3.91. The van der Waals surface area contributed by atoms with Gasteiger partial charge in [-0.15, -0.1) is 0 Å². The highest BCUT2D eigenvalue weighted by Crippen LogP contribution is 2.33. The first kappa shape index (κ1) is 12.4. The van der Waals surface area contributed by atoms with Crippen molar-refractivity contribution in [2.24, 2.45) is 5.92 Å². The Hall–Kier alpha value is -0.0800. The van der Waals surface area contributed by atoms with Crippen LogP contribution in [0.5, 0.6) is 0 Å². The standard InChI is InChI=1S/C14H28N2/c1-4-14(5-2)11-15-12(3)9-16(14)10-13-7-6-8-13/h12-13,15H,4-11H2,1-3H3. The van der Waals surface area contributed by atoms with Crippen LogP contribution in [0.25, 0.3) is 0 Å². The van der Waals surface area contributed by atoms with E-state index in [9.17, 15) is 0 Å². The molecular weight excluding hydrogens is 196 g/mol. The lowest BCUT2D eigenvalue weighted by Crippen LogP contribution is -2.64. The Bertz CT molecular complexity index is 219. The van der Waals surface area contributed by atoms with Gasteiger partial charge in [0.25, 0.3) is 0 Å². The molecule has 0 aromatic rings. The fraction of sp³-hybridized carbons (Fsp3) is 1.00. The molecule has 0 aromatic heterocycles. The maximum Gasteiger partial charge on any atom is 0.0329 e. The van der Waals surface area contributed by atoms with Crippen molar-refractivity contribution < 1.29 is 0 Å². The van der Waals surface area contributed by atoms with Crippen molar-refractivity contribution in [3.05, 3.63) is 0 Å². The molecule has 0 radical (unpaired) electrons. The van der Waals surface area contributed by atoms with Gasteiger partial charge in [-0.1, -0.05) is 20.3 Å². The molecule has 2 nitrogen and oxygen atoms in total. The van der Waals surface area contributed by atoms with E-state index in [1.54, 1.807) is 0 Å². The van der Waals surface area contributed by atoms with Gasteiger partial charge in [-0.25, -0.2) is 0 Å². The molecule has 0 bridgehead atoms. The molecule has 1 atom stereocenters. The minimum Gasteiger partial charge on any atom is -0.311 e. The molecular formula is C14H28N2. The van der Waals surface area contributed by atoms with Crippen LogP contribution in [0.15, 0.2) is 0 Å². The minimum absolute atomic E-state index is 0.447. The molecule has 0 spiro atoms. The van der Waals surface area contributed by atoms with Crippen molar-refractivity contribution in [2.75, 3.05) is 19.6 Å². The van der Waals surface area contributed by atoms with Gasteiger partial charge in [-0.3, -0.25) is 4.90 Å². The highest BCUT2D eigenvalue weighted by atomic mass is 15.3. The summed E-state index contributed by atoms with van der Waals surface area (Å²) in [4.78, 5) is 2.80. The van der Waals surface area contributed by atoms with Gasteiger partial charge in [0.05, 0.1) is 0 Å². The first-order valence-corrected chi connectivity index (χ1v) is 7.18. The highest BCUT2D eigenvalue weighted by Gasteiger charge is 2.39. The second-order valence-electron chi connectivity index (χ2n) is 5.92. The summed E-state index contributed by atoms with van der Waals surface area (Å²) in [7, 11) is 0. The molecule has 94 valence electrons. The lowest BCUT2D eigenvalue weighted by Gasteiger charge is -2.51. The third-order valence-electron chi connectivity index (χ3n) is 4.96. The third kappa shape index (κ3) is 2.28. The maximum atomic E-state index is 3.67. The van der Waals surface area contributed by atoms with Crippen molar-refractivity contribution in [3.8, 4) is 0 Å². The zero-order valence-electron chi connectivity index (χ0n) is 11.3. The number of rotatable bonds is 4. The lowest BCUT2D eigenvalue weighted by atomic mass is 9.81. The van der Waals surface area contributed by atoms with Crippen molar-refractivity contribution in [2.45, 2.75) is 64.5 Å². The molecule has 2 aliphatic rings. The van der Waals surface area contributed by atoms with Crippen LogP contribution in [0.1, 0.15) is 52.9 Å². The second kappa shape index (κ2) is 5.05. The predicted octanol–water partition coefficient (Wildman–Crippen LogP) is 2.64. The average molecular weight is 224 g/mol. The summed E-state index contributed by atoms with van der Waals surface area (Å²) >= 11 is 0. The van der Waals surface area contributed by atoms with Gasteiger partial charge in [0.2, 0.25) is 0 Å². The molecule has 1 saturated carbocycles. The molecule has 1 aliphatic carbocycles. The van der Waals surface area contributed by atoms with E-state index in [1.807, 2.05) is 0 Å². The highest BCUT2D eigenvalue weighted by molar-refractivity contribution is 4.97. The van der Waals surface area contributed by atoms with Crippen LogP contribution in [0.2, 0.25) is 0 Å². The summed E-state index contributed by atoms with van der Waals surface area (Å²) in [5.74, 6) is 1.00. The Morgan fingerprint density at radius 3 is 2.44 bits per heavy atom. The minimum atomic E-state index is 0.447. The Labute approximate surface area is 101 Å². The van der Waals surface area contributed by atoms with Crippen molar-refractivity contribution in [1.82, 2.24) is 10.2 Å². The fourth-order valence-corrected chi connectivity index (χ4v) is 3.27. The molecule has 1 heterocycles. The molecule has 1 unspecified atom stereocenters. The summed E-state index contributed by atoms with van der Waals surface area (Å²) in [6.07, 6.45) is 6.99. The topological polar surface area (TPSA) is 15.3 Å². The van der Waals surface area contributed by atoms with E-state index < -0.39 is 0 Å². The van der Waals surface area contributed by atoms with Crippen LogP contribution in [-0.2, 0) is 0 Å². The van der Waals surface area contributed by atoms with E-state index >= 15 is 0 Å². The monoisotopic (exact) mass is 224 g/mol. The number of hydrogen-bond donors (Lipinski definition) is 1. The average Bonchev–Trinajstić information content (AvgIpc) is 2.24. The fourth-order valence-electron chi connectivity index (χ4n) is 3.27. The van der Waals surface area contributed by atoms with E-state index in [0.717, 1.165) is 5.92 Å². The van der Waals surface area contributed by atoms with Crippen molar-refractivity contribution in [3.63, 3.8) is 0 Å². The van der Waals surface area contributed by atoms with Gasteiger partial charge < -0.3 is 5.32 Å². The van der Waals surface area contributed by atoms with E-state index in [2.05, 4.69) is 31.0 Å². The lowest BCUT2D eigenvalue weighted by molar-refractivity contribution is 0.0110. The van der Waals surface area contributed by atoms with Crippen molar-refractivity contribution >= 4 is 0 Å². The zero-order chi connectivity index (χ0) is 11.6. The first-order chi connectivity index (χ1) is 7.70. The van der Waals surface area contributed by atoms with Gasteiger partial charge >= 0.3 is 0 Å². The Morgan fingerprint density at radius 2 is 1.94 bits per heavy atom. The van der Waals surface area contributed by atoms with Gasteiger partial charge in [0.15, 0.2) is 0 Å². The molecule has 2 heteroatoms. The molecule has 2 rings (SSSR count). The number of nitrogens with zero attached hydrogens (tertiary/aromatic N) is 1. The number of piperazine rings is 1. The summed E-state index contributed by atoms with van der Waals surface area (Å²) in [6, 6.07) is 0.673.